The lowest BCUT2D eigenvalue weighted by Crippen LogP contribution is -2.27. The second-order valence-corrected chi connectivity index (χ2v) is 6.17. The molecule has 0 radical (unpaired) electrons. The van der Waals surface area contributed by atoms with E-state index in [1.165, 1.54) is 29.2 Å². The number of halogens is 1. The molecule has 0 atom stereocenters. The molecule has 18 heavy (non-hydrogen) atoms. The minimum atomic E-state index is 0.835. The molecule has 2 nitrogen and oxygen atoms in total. The smallest absolute Gasteiger partial charge is 0.0427 e. The maximum Gasteiger partial charge on any atom is 0.0427 e. The van der Waals surface area contributed by atoms with Crippen molar-refractivity contribution in [2.75, 3.05) is 36.0 Å². The average molecular weight is 285 g/mol. The first-order valence-corrected chi connectivity index (χ1v) is 8.16. The fourth-order valence-corrected chi connectivity index (χ4v) is 3.28. The summed E-state index contributed by atoms with van der Waals surface area (Å²) < 4.78 is 0. The number of nitrogens with zero attached hydrogens (tertiary/aromatic N) is 1. The van der Waals surface area contributed by atoms with Crippen molar-refractivity contribution in [1.29, 1.82) is 0 Å². The molecule has 1 aromatic carbocycles. The largest absolute Gasteiger partial charge is 0.370 e. The molecule has 1 heterocycles. The van der Waals surface area contributed by atoms with Gasteiger partial charge in [0.2, 0.25) is 0 Å². The first-order chi connectivity index (χ1) is 8.81. The molecule has 1 saturated heterocycles. The van der Waals surface area contributed by atoms with Crippen molar-refractivity contribution in [2.24, 2.45) is 0 Å². The number of hydrogen-bond acceptors (Lipinski definition) is 3. The van der Waals surface area contributed by atoms with Crippen molar-refractivity contribution in [2.45, 2.75) is 19.9 Å². The van der Waals surface area contributed by atoms with E-state index >= 15 is 0 Å². The van der Waals surface area contributed by atoms with Gasteiger partial charge in [-0.15, -0.1) is 0 Å². The van der Waals surface area contributed by atoms with Gasteiger partial charge < -0.3 is 10.2 Å². The molecule has 0 spiro atoms. The van der Waals surface area contributed by atoms with Gasteiger partial charge in [-0.25, -0.2) is 0 Å². The van der Waals surface area contributed by atoms with Gasteiger partial charge in [0.25, 0.3) is 0 Å². The van der Waals surface area contributed by atoms with E-state index in [-0.39, 0.29) is 0 Å². The van der Waals surface area contributed by atoms with Crippen molar-refractivity contribution >= 4 is 29.1 Å². The third-order valence-corrected chi connectivity index (χ3v) is 4.46. The number of hydrogen-bond donors (Lipinski definition) is 1. The number of anilines is 1. The van der Waals surface area contributed by atoms with Crippen molar-refractivity contribution in [3.05, 3.63) is 28.8 Å². The van der Waals surface area contributed by atoms with Gasteiger partial charge >= 0.3 is 0 Å². The minimum absolute atomic E-state index is 0.835. The zero-order chi connectivity index (χ0) is 12.8. The van der Waals surface area contributed by atoms with E-state index in [0.717, 1.165) is 31.2 Å². The third kappa shape index (κ3) is 3.81. The van der Waals surface area contributed by atoms with Crippen molar-refractivity contribution in [1.82, 2.24) is 5.32 Å². The molecule has 4 heteroatoms. The van der Waals surface area contributed by atoms with Crippen LogP contribution < -0.4 is 10.2 Å². The maximum absolute atomic E-state index is 6.16. The first-order valence-electron chi connectivity index (χ1n) is 6.63. The summed E-state index contributed by atoms with van der Waals surface area (Å²) in [5.74, 6) is 2.49. The molecule has 100 valence electrons. The van der Waals surface area contributed by atoms with Crippen LogP contribution in [0.2, 0.25) is 5.02 Å². The zero-order valence-electron chi connectivity index (χ0n) is 10.9. The lowest BCUT2D eigenvalue weighted by molar-refractivity contribution is 0.719. The summed E-state index contributed by atoms with van der Waals surface area (Å²) in [6.45, 7) is 6.33. The van der Waals surface area contributed by atoms with Crippen LogP contribution in [-0.2, 0) is 6.54 Å². The molecule has 1 N–H and O–H groups in total. The summed E-state index contributed by atoms with van der Waals surface area (Å²) in [5.41, 5.74) is 2.67. The van der Waals surface area contributed by atoms with Gasteiger partial charge in [-0.1, -0.05) is 24.6 Å². The molecule has 1 aliphatic rings. The molecule has 1 aromatic rings. The van der Waals surface area contributed by atoms with Crippen molar-refractivity contribution in [3.63, 3.8) is 0 Å². The standard InChI is InChI=1S/C14H21ClN2S/c1-2-16-11-12-4-5-13(15)10-14(12)17-6-3-8-18-9-7-17/h4-5,10,16H,2-3,6-9,11H2,1H3. The zero-order valence-corrected chi connectivity index (χ0v) is 12.5. The first kappa shape index (κ1) is 14.0. The van der Waals surface area contributed by atoms with Crippen LogP contribution in [0.1, 0.15) is 18.9 Å². The number of thioether (sulfide) groups is 1. The summed E-state index contributed by atoms with van der Waals surface area (Å²) in [7, 11) is 0. The summed E-state index contributed by atoms with van der Waals surface area (Å²) in [6.07, 6.45) is 1.26. The molecule has 0 saturated carbocycles. The second kappa shape index (κ2) is 7.27. The molecule has 0 aromatic heterocycles. The number of benzene rings is 1. The van der Waals surface area contributed by atoms with E-state index in [0.29, 0.717) is 0 Å². The maximum atomic E-state index is 6.16. The molecule has 0 amide bonds. The Hall–Kier alpha value is -0.380. The van der Waals surface area contributed by atoms with Crippen LogP contribution in [0.15, 0.2) is 18.2 Å². The van der Waals surface area contributed by atoms with E-state index in [1.54, 1.807) is 0 Å². The van der Waals surface area contributed by atoms with Crippen molar-refractivity contribution < 1.29 is 0 Å². The molecular weight excluding hydrogens is 264 g/mol. The fourth-order valence-electron chi connectivity index (χ4n) is 2.23. The van der Waals surface area contributed by atoms with Gasteiger partial charge in [0.1, 0.15) is 0 Å². The monoisotopic (exact) mass is 284 g/mol. The highest BCUT2D eigenvalue weighted by Crippen LogP contribution is 2.27. The third-order valence-electron chi connectivity index (χ3n) is 3.18. The van der Waals surface area contributed by atoms with Gasteiger partial charge in [0, 0.05) is 36.1 Å². The van der Waals surface area contributed by atoms with Gasteiger partial charge in [0.15, 0.2) is 0 Å². The molecule has 0 unspecified atom stereocenters. The molecule has 2 rings (SSSR count). The van der Waals surface area contributed by atoms with Crippen LogP contribution in [0.5, 0.6) is 0 Å². The SMILES string of the molecule is CCNCc1ccc(Cl)cc1N1CCCSCC1. The Morgan fingerprint density at radius 3 is 3.06 bits per heavy atom. The topological polar surface area (TPSA) is 15.3 Å². The normalized spacial score (nSPS) is 16.7. The summed E-state index contributed by atoms with van der Waals surface area (Å²) in [6, 6.07) is 6.26. The van der Waals surface area contributed by atoms with E-state index < -0.39 is 0 Å². The predicted molar refractivity (Wildman–Crippen MR) is 83.0 cm³/mol. The van der Waals surface area contributed by atoms with Crippen LogP contribution in [0, 0.1) is 0 Å². The van der Waals surface area contributed by atoms with E-state index in [9.17, 15) is 0 Å². The highest BCUT2D eigenvalue weighted by Gasteiger charge is 2.13. The molecule has 1 fully saturated rings. The Balaban J connectivity index is 2.19. The summed E-state index contributed by atoms with van der Waals surface area (Å²) in [5, 5.41) is 4.24. The quantitative estimate of drug-likeness (QED) is 0.912. The van der Waals surface area contributed by atoms with Gasteiger partial charge in [-0.3, -0.25) is 0 Å². The Morgan fingerprint density at radius 1 is 1.33 bits per heavy atom. The summed E-state index contributed by atoms with van der Waals surface area (Å²) in [4.78, 5) is 2.48. The Bertz CT molecular complexity index is 376. The number of rotatable bonds is 4. The Labute approximate surface area is 119 Å². The highest BCUT2D eigenvalue weighted by atomic mass is 35.5. The fraction of sp³-hybridized carbons (Fsp3) is 0.571. The summed E-state index contributed by atoms with van der Waals surface area (Å²) >= 11 is 8.21. The molecule has 0 aliphatic carbocycles. The van der Waals surface area contributed by atoms with Gasteiger partial charge in [0.05, 0.1) is 0 Å². The van der Waals surface area contributed by atoms with Crippen LogP contribution in [0.25, 0.3) is 0 Å². The molecular formula is C14H21ClN2S. The van der Waals surface area contributed by atoms with E-state index in [1.807, 2.05) is 6.07 Å². The van der Waals surface area contributed by atoms with Gasteiger partial charge in [-0.05, 0) is 36.4 Å². The predicted octanol–water partition coefficient (Wildman–Crippen LogP) is 3.39. The molecule has 1 aliphatic heterocycles. The molecule has 0 bridgehead atoms. The van der Waals surface area contributed by atoms with E-state index in [2.05, 4.69) is 41.0 Å². The highest BCUT2D eigenvalue weighted by molar-refractivity contribution is 7.99. The average Bonchev–Trinajstić information content (AvgIpc) is 2.66. The lowest BCUT2D eigenvalue weighted by atomic mass is 10.1. The van der Waals surface area contributed by atoms with Crippen molar-refractivity contribution in [3.8, 4) is 0 Å². The van der Waals surface area contributed by atoms with Crippen LogP contribution in [0.4, 0.5) is 5.69 Å². The second-order valence-electron chi connectivity index (χ2n) is 4.51. The minimum Gasteiger partial charge on any atom is -0.370 e. The lowest BCUT2D eigenvalue weighted by Gasteiger charge is -2.25. The Kier molecular flexibility index (Phi) is 5.67. The Morgan fingerprint density at radius 2 is 2.22 bits per heavy atom. The van der Waals surface area contributed by atoms with Crippen LogP contribution in [0.3, 0.4) is 0 Å². The number of nitrogens with one attached hydrogen (secondary N) is 1. The van der Waals surface area contributed by atoms with Crippen LogP contribution in [-0.4, -0.2) is 31.1 Å². The van der Waals surface area contributed by atoms with Gasteiger partial charge in [-0.2, -0.15) is 11.8 Å². The van der Waals surface area contributed by atoms with Crippen LogP contribution >= 0.6 is 23.4 Å². The van der Waals surface area contributed by atoms with E-state index in [4.69, 9.17) is 11.6 Å².